The minimum absolute atomic E-state index is 0.754. The molecule has 0 unspecified atom stereocenters. The van der Waals surface area contributed by atoms with E-state index < -0.39 is 0 Å². The summed E-state index contributed by atoms with van der Waals surface area (Å²) >= 11 is 1.69. The summed E-state index contributed by atoms with van der Waals surface area (Å²) in [4.78, 5) is 13.4. The van der Waals surface area contributed by atoms with Gasteiger partial charge in [0.15, 0.2) is 0 Å². The van der Waals surface area contributed by atoms with Crippen molar-refractivity contribution in [1.29, 1.82) is 0 Å². The molecule has 2 aromatic heterocycles. The van der Waals surface area contributed by atoms with Crippen molar-refractivity contribution >= 4 is 17.2 Å². The Morgan fingerprint density at radius 3 is 2.86 bits per heavy atom. The highest BCUT2D eigenvalue weighted by Crippen LogP contribution is 2.12. The Kier molecular flexibility index (Phi) is 2.69. The van der Waals surface area contributed by atoms with E-state index in [9.17, 15) is 0 Å². The van der Waals surface area contributed by atoms with E-state index in [1.807, 2.05) is 13.1 Å². The van der Waals surface area contributed by atoms with Crippen molar-refractivity contribution in [3.8, 4) is 0 Å². The topological polar surface area (TPSA) is 50.7 Å². The van der Waals surface area contributed by atoms with Crippen LogP contribution in [0.3, 0.4) is 0 Å². The van der Waals surface area contributed by atoms with E-state index in [1.165, 1.54) is 4.88 Å². The molecule has 5 heteroatoms. The smallest absolute Gasteiger partial charge is 0.144 e. The molecule has 0 aliphatic heterocycles. The van der Waals surface area contributed by atoms with Gasteiger partial charge >= 0.3 is 0 Å². The number of nitrogens with zero attached hydrogens (tertiary/aromatic N) is 3. The second-order valence-electron chi connectivity index (χ2n) is 2.79. The summed E-state index contributed by atoms with van der Waals surface area (Å²) in [5.74, 6) is 0.790. The Labute approximate surface area is 86.1 Å². The molecule has 0 aliphatic rings. The quantitative estimate of drug-likeness (QED) is 0.832. The van der Waals surface area contributed by atoms with Gasteiger partial charge in [0, 0.05) is 23.5 Å². The van der Waals surface area contributed by atoms with Crippen LogP contribution in [0, 0.1) is 6.92 Å². The van der Waals surface area contributed by atoms with Gasteiger partial charge in [-0.15, -0.1) is 11.3 Å². The van der Waals surface area contributed by atoms with Crippen LogP contribution in [0.4, 0.5) is 5.82 Å². The van der Waals surface area contributed by atoms with Gasteiger partial charge in [-0.3, -0.25) is 4.98 Å². The largest absolute Gasteiger partial charge is 0.364 e. The van der Waals surface area contributed by atoms with Crippen LogP contribution in [0.5, 0.6) is 0 Å². The van der Waals surface area contributed by atoms with Gasteiger partial charge in [-0.2, -0.15) is 0 Å². The fourth-order valence-electron chi connectivity index (χ4n) is 1.06. The molecule has 0 aromatic carbocycles. The molecular weight excluding hydrogens is 196 g/mol. The minimum Gasteiger partial charge on any atom is -0.364 e. The van der Waals surface area contributed by atoms with E-state index in [4.69, 9.17) is 0 Å². The average Bonchev–Trinajstić information content (AvgIpc) is 2.63. The number of nitrogens with one attached hydrogen (secondary N) is 1. The molecule has 14 heavy (non-hydrogen) atoms. The van der Waals surface area contributed by atoms with Crippen LogP contribution in [0.1, 0.15) is 9.88 Å². The second-order valence-corrected chi connectivity index (χ2v) is 4.11. The third kappa shape index (κ3) is 2.26. The first kappa shape index (κ1) is 9.08. The van der Waals surface area contributed by atoms with Crippen molar-refractivity contribution in [1.82, 2.24) is 15.0 Å². The summed E-state index contributed by atoms with van der Waals surface area (Å²) in [5.41, 5.74) is 0. The SMILES string of the molecule is Cc1ncc(CNc2cnccn2)s1. The predicted molar refractivity (Wildman–Crippen MR) is 56.2 cm³/mol. The fraction of sp³-hybridized carbons (Fsp3) is 0.222. The van der Waals surface area contributed by atoms with Crippen LogP contribution in [-0.4, -0.2) is 15.0 Å². The number of aryl methyl sites for hydroxylation is 1. The Morgan fingerprint density at radius 2 is 2.21 bits per heavy atom. The van der Waals surface area contributed by atoms with E-state index in [1.54, 1.807) is 29.9 Å². The molecule has 72 valence electrons. The Balaban J connectivity index is 1.95. The summed E-state index contributed by atoms with van der Waals surface area (Å²) in [6, 6.07) is 0. The predicted octanol–water partition coefficient (Wildman–Crippen LogP) is 1.85. The Morgan fingerprint density at radius 1 is 1.29 bits per heavy atom. The number of aromatic nitrogens is 3. The lowest BCUT2D eigenvalue weighted by molar-refractivity contribution is 1.10. The maximum atomic E-state index is 4.17. The molecule has 0 radical (unpaired) electrons. The lowest BCUT2D eigenvalue weighted by Crippen LogP contribution is -1.99. The molecule has 1 N–H and O–H groups in total. The number of thiazole rings is 1. The van der Waals surface area contributed by atoms with Gasteiger partial charge in [-0.05, 0) is 6.92 Å². The van der Waals surface area contributed by atoms with E-state index >= 15 is 0 Å². The first-order valence-corrected chi connectivity index (χ1v) is 5.07. The molecule has 0 fully saturated rings. The fourth-order valence-corrected chi connectivity index (χ4v) is 1.79. The standard InChI is InChI=1S/C9H10N4S/c1-7-12-4-8(14-7)5-13-9-6-10-2-3-11-9/h2-4,6H,5H2,1H3,(H,11,13). The Hall–Kier alpha value is -1.49. The average molecular weight is 206 g/mol. The van der Waals surface area contributed by atoms with Crippen molar-refractivity contribution in [3.05, 3.63) is 34.7 Å². The second kappa shape index (κ2) is 4.15. The molecule has 0 saturated heterocycles. The highest BCUT2D eigenvalue weighted by molar-refractivity contribution is 7.11. The normalized spacial score (nSPS) is 10.1. The van der Waals surface area contributed by atoms with Crippen LogP contribution in [0.2, 0.25) is 0 Å². The van der Waals surface area contributed by atoms with Gasteiger partial charge < -0.3 is 5.32 Å². The summed E-state index contributed by atoms with van der Waals surface area (Å²) in [6.07, 6.45) is 6.90. The van der Waals surface area contributed by atoms with Crippen molar-refractivity contribution in [2.75, 3.05) is 5.32 Å². The zero-order valence-electron chi connectivity index (χ0n) is 7.77. The van der Waals surface area contributed by atoms with Gasteiger partial charge in [0.25, 0.3) is 0 Å². The number of anilines is 1. The molecule has 0 aliphatic carbocycles. The molecule has 2 aromatic rings. The molecular formula is C9H10N4S. The van der Waals surface area contributed by atoms with E-state index in [0.29, 0.717) is 0 Å². The van der Waals surface area contributed by atoms with Crippen molar-refractivity contribution in [2.45, 2.75) is 13.5 Å². The third-order valence-corrected chi connectivity index (χ3v) is 2.59. The van der Waals surface area contributed by atoms with Crippen LogP contribution in [0.25, 0.3) is 0 Å². The first-order valence-electron chi connectivity index (χ1n) is 4.26. The van der Waals surface area contributed by atoms with Crippen molar-refractivity contribution < 1.29 is 0 Å². The zero-order chi connectivity index (χ0) is 9.80. The van der Waals surface area contributed by atoms with Gasteiger partial charge in [-0.1, -0.05) is 0 Å². The molecule has 0 spiro atoms. The summed E-state index contributed by atoms with van der Waals surface area (Å²) in [6.45, 7) is 2.75. The molecule has 0 atom stereocenters. The lowest BCUT2D eigenvalue weighted by Gasteiger charge is -2.00. The van der Waals surface area contributed by atoms with E-state index in [2.05, 4.69) is 20.3 Å². The summed E-state index contributed by atoms with van der Waals surface area (Å²) < 4.78 is 0. The first-order chi connectivity index (χ1) is 6.84. The molecule has 0 amide bonds. The van der Waals surface area contributed by atoms with E-state index in [-0.39, 0.29) is 0 Å². The zero-order valence-corrected chi connectivity index (χ0v) is 8.58. The van der Waals surface area contributed by atoms with Crippen molar-refractivity contribution in [2.24, 2.45) is 0 Å². The van der Waals surface area contributed by atoms with Gasteiger partial charge in [0.05, 0.1) is 17.7 Å². The van der Waals surface area contributed by atoms with Gasteiger partial charge in [0.1, 0.15) is 5.82 Å². The highest BCUT2D eigenvalue weighted by atomic mass is 32.1. The van der Waals surface area contributed by atoms with E-state index in [0.717, 1.165) is 17.4 Å². The third-order valence-electron chi connectivity index (χ3n) is 1.68. The van der Waals surface area contributed by atoms with Gasteiger partial charge in [-0.25, -0.2) is 9.97 Å². The Bertz CT molecular complexity index is 398. The van der Waals surface area contributed by atoms with Crippen LogP contribution in [0.15, 0.2) is 24.8 Å². The van der Waals surface area contributed by atoms with Gasteiger partial charge in [0.2, 0.25) is 0 Å². The van der Waals surface area contributed by atoms with Crippen LogP contribution >= 0.6 is 11.3 Å². The molecule has 4 nitrogen and oxygen atoms in total. The molecule has 0 bridgehead atoms. The van der Waals surface area contributed by atoms with Crippen LogP contribution < -0.4 is 5.32 Å². The molecule has 0 saturated carbocycles. The summed E-state index contributed by atoms with van der Waals surface area (Å²) in [5, 5.41) is 4.26. The van der Waals surface area contributed by atoms with Crippen molar-refractivity contribution in [3.63, 3.8) is 0 Å². The number of hydrogen-bond acceptors (Lipinski definition) is 5. The monoisotopic (exact) mass is 206 g/mol. The maximum absolute atomic E-state index is 4.17. The number of rotatable bonds is 3. The number of hydrogen-bond donors (Lipinski definition) is 1. The summed E-state index contributed by atoms with van der Waals surface area (Å²) in [7, 11) is 0. The van der Waals surface area contributed by atoms with Crippen LogP contribution in [-0.2, 0) is 6.54 Å². The molecule has 2 heterocycles. The maximum Gasteiger partial charge on any atom is 0.144 e. The lowest BCUT2D eigenvalue weighted by atomic mass is 10.5. The molecule has 2 rings (SSSR count). The minimum atomic E-state index is 0.754. The highest BCUT2D eigenvalue weighted by Gasteiger charge is 1.98.